The summed E-state index contributed by atoms with van der Waals surface area (Å²) in [5, 5.41) is 7.95. The molecule has 0 atom stereocenters. The number of rotatable bonds is 9. The molecule has 0 unspecified atom stereocenters. The third-order valence-corrected chi connectivity index (χ3v) is 8.34. The number of carbonyl (C=O) groups excluding carboxylic acids is 1. The van der Waals surface area contributed by atoms with Gasteiger partial charge in [0.2, 0.25) is 0 Å². The topological polar surface area (TPSA) is 93.5 Å². The third kappa shape index (κ3) is 5.15. The van der Waals surface area contributed by atoms with Gasteiger partial charge in [-0.05, 0) is 73.7 Å². The summed E-state index contributed by atoms with van der Waals surface area (Å²) < 4.78 is 31.7. The molecule has 2 heterocycles. The van der Waals surface area contributed by atoms with E-state index in [-0.39, 0.29) is 22.0 Å². The standard InChI is InChI=1S/C28H34N4O4S/c1-28(2,18-29-17-19-5-6-19)20-7-9-21(10-8-20)31-16-15-24-25(27(31)33)32(30-26(24)37(4,34)35)22-11-13-23(36-3)14-12-22/h7-14,19,29H,5-6,15-18H2,1-4H3. The lowest BCUT2D eigenvalue weighted by Gasteiger charge is -2.29. The molecule has 1 aliphatic carbocycles. The Morgan fingerprint density at radius 2 is 1.70 bits per heavy atom. The van der Waals surface area contributed by atoms with E-state index in [1.54, 1.807) is 36.3 Å². The summed E-state index contributed by atoms with van der Waals surface area (Å²) in [6, 6.07) is 15.2. The highest BCUT2D eigenvalue weighted by atomic mass is 32.2. The quantitative estimate of drug-likeness (QED) is 0.460. The number of amides is 1. The molecule has 3 aromatic rings. The summed E-state index contributed by atoms with van der Waals surface area (Å²) in [6.07, 6.45) is 4.19. The van der Waals surface area contributed by atoms with Crippen molar-refractivity contribution in [3.05, 3.63) is 65.4 Å². The zero-order valence-corrected chi connectivity index (χ0v) is 22.6. The van der Waals surface area contributed by atoms with Gasteiger partial charge >= 0.3 is 0 Å². The Hall–Kier alpha value is -3.17. The second-order valence-corrected chi connectivity index (χ2v) is 12.7. The van der Waals surface area contributed by atoms with Crippen LogP contribution in [-0.2, 0) is 21.7 Å². The lowest BCUT2D eigenvalue weighted by atomic mass is 9.84. The smallest absolute Gasteiger partial charge is 0.277 e. The SMILES string of the molecule is COc1ccc(-n2nc(S(C)(=O)=O)c3c2C(=O)N(c2ccc(C(C)(C)CNCC4CC4)cc2)CC3)cc1. The van der Waals surface area contributed by atoms with Crippen molar-refractivity contribution >= 4 is 21.4 Å². The molecule has 5 rings (SSSR count). The van der Waals surface area contributed by atoms with Crippen LogP contribution in [0.5, 0.6) is 5.75 Å². The van der Waals surface area contributed by atoms with Gasteiger partial charge in [-0.2, -0.15) is 5.10 Å². The van der Waals surface area contributed by atoms with Crippen molar-refractivity contribution in [2.24, 2.45) is 5.92 Å². The van der Waals surface area contributed by atoms with Crippen LogP contribution in [0.4, 0.5) is 5.69 Å². The minimum Gasteiger partial charge on any atom is -0.497 e. The average Bonchev–Trinajstić information content (AvgIpc) is 3.60. The maximum absolute atomic E-state index is 13.8. The molecule has 1 saturated carbocycles. The van der Waals surface area contributed by atoms with Gasteiger partial charge in [0.1, 0.15) is 11.4 Å². The lowest BCUT2D eigenvalue weighted by Crippen LogP contribution is -2.39. The molecule has 0 bridgehead atoms. The summed E-state index contributed by atoms with van der Waals surface area (Å²) in [4.78, 5) is 15.5. The van der Waals surface area contributed by atoms with Crippen molar-refractivity contribution in [3.8, 4) is 11.4 Å². The van der Waals surface area contributed by atoms with Crippen molar-refractivity contribution < 1.29 is 17.9 Å². The van der Waals surface area contributed by atoms with E-state index in [0.717, 1.165) is 31.0 Å². The van der Waals surface area contributed by atoms with Crippen LogP contribution < -0.4 is 15.0 Å². The molecule has 2 aromatic carbocycles. The summed E-state index contributed by atoms with van der Waals surface area (Å²) >= 11 is 0. The monoisotopic (exact) mass is 522 g/mol. The molecule has 1 N–H and O–H groups in total. The maximum Gasteiger partial charge on any atom is 0.277 e. The van der Waals surface area contributed by atoms with Crippen LogP contribution >= 0.6 is 0 Å². The minimum atomic E-state index is -3.61. The predicted octanol–water partition coefficient (Wildman–Crippen LogP) is 3.76. The van der Waals surface area contributed by atoms with E-state index in [4.69, 9.17) is 4.74 Å². The number of nitrogens with zero attached hydrogens (tertiary/aromatic N) is 3. The van der Waals surface area contributed by atoms with Crippen molar-refractivity contribution in [3.63, 3.8) is 0 Å². The Morgan fingerprint density at radius 3 is 2.30 bits per heavy atom. The number of sulfone groups is 1. The number of hydrogen-bond donors (Lipinski definition) is 1. The number of nitrogens with one attached hydrogen (secondary N) is 1. The largest absolute Gasteiger partial charge is 0.497 e. The number of anilines is 1. The van der Waals surface area contributed by atoms with Crippen molar-refractivity contribution in [1.29, 1.82) is 0 Å². The van der Waals surface area contributed by atoms with Crippen LogP contribution in [0.1, 0.15) is 48.3 Å². The highest BCUT2D eigenvalue weighted by Crippen LogP contribution is 2.33. The van der Waals surface area contributed by atoms with Crippen LogP contribution in [-0.4, -0.2) is 57.1 Å². The molecule has 196 valence electrons. The average molecular weight is 523 g/mol. The zero-order valence-electron chi connectivity index (χ0n) is 21.8. The van der Waals surface area contributed by atoms with Gasteiger partial charge in [-0.15, -0.1) is 0 Å². The van der Waals surface area contributed by atoms with E-state index in [1.807, 2.05) is 12.1 Å². The molecule has 8 nitrogen and oxygen atoms in total. The van der Waals surface area contributed by atoms with Crippen molar-refractivity contribution in [2.75, 3.05) is 37.9 Å². The minimum absolute atomic E-state index is 0.0378. The fourth-order valence-corrected chi connectivity index (χ4v) is 5.76. The third-order valence-electron chi connectivity index (χ3n) is 7.31. The Bertz CT molecular complexity index is 1410. The number of fused-ring (bicyclic) bond motifs is 1. The van der Waals surface area contributed by atoms with Gasteiger partial charge < -0.3 is 15.0 Å². The second kappa shape index (κ2) is 9.61. The first kappa shape index (κ1) is 25.5. The number of carbonyl (C=O) groups is 1. The number of hydrogen-bond acceptors (Lipinski definition) is 6. The molecule has 1 amide bonds. The number of aromatic nitrogens is 2. The summed E-state index contributed by atoms with van der Waals surface area (Å²) in [5.41, 5.74) is 3.29. The van der Waals surface area contributed by atoms with E-state index in [1.165, 1.54) is 23.1 Å². The van der Waals surface area contributed by atoms with Gasteiger partial charge in [0.15, 0.2) is 14.9 Å². The molecule has 37 heavy (non-hydrogen) atoms. The molecule has 9 heteroatoms. The lowest BCUT2D eigenvalue weighted by molar-refractivity contribution is 0.0973. The molecular formula is C28H34N4O4S. The van der Waals surface area contributed by atoms with E-state index in [9.17, 15) is 13.2 Å². The summed E-state index contributed by atoms with van der Waals surface area (Å²) in [7, 11) is -2.04. The first-order valence-corrected chi connectivity index (χ1v) is 14.6. The molecule has 1 aliphatic heterocycles. The molecule has 0 saturated heterocycles. The molecule has 1 fully saturated rings. The summed E-state index contributed by atoms with van der Waals surface area (Å²) in [6.45, 7) is 6.79. The summed E-state index contributed by atoms with van der Waals surface area (Å²) in [5.74, 6) is 1.23. The van der Waals surface area contributed by atoms with Crippen LogP contribution in [0.15, 0.2) is 53.6 Å². The van der Waals surface area contributed by atoms with Crippen LogP contribution in [0.2, 0.25) is 0 Å². The van der Waals surface area contributed by atoms with E-state index < -0.39 is 9.84 Å². The normalized spacial score (nSPS) is 16.1. The number of ether oxygens (including phenoxy) is 1. The highest BCUT2D eigenvalue weighted by Gasteiger charge is 2.36. The van der Waals surface area contributed by atoms with E-state index in [2.05, 4.69) is 36.4 Å². The van der Waals surface area contributed by atoms with Crippen LogP contribution in [0, 0.1) is 5.92 Å². The van der Waals surface area contributed by atoms with Gasteiger partial charge in [-0.1, -0.05) is 26.0 Å². The molecule has 2 aliphatic rings. The maximum atomic E-state index is 13.8. The zero-order chi connectivity index (χ0) is 26.4. The second-order valence-electron chi connectivity index (χ2n) is 10.7. The molecule has 0 spiro atoms. The Morgan fingerprint density at radius 1 is 1.05 bits per heavy atom. The number of benzene rings is 2. The fraction of sp³-hybridized carbons (Fsp3) is 0.429. The van der Waals surface area contributed by atoms with Crippen LogP contribution in [0.3, 0.4) is 0 Å². The van der Waals surface area contributed by atoms with Crippen LogP contribution in [0.25, 0.3) is 5.69 Å². The van der Waals surface area contributed by atoms with Gasteiger partial charge in [0.25, 0.3) is 5.91 Å². The van der Waals surface area contributed by atoms with Gasteiger partial charge in [0.05, 0.1) is 12.8 Å². The fourth-order valence-electron chi connectivity index (χ4n) is 4.89. The Labute approximate surface area is 218 Å². The number of methoxy groups -OCH3 is 1. The Balaban J connectivity index is 1.44. The van der Waals surface area contributed by atoms with E-state index >= 15 is 0 Å². The van der Waals surface area contributed by atoms with E-state index in [0.29, 0.717) is 30.0 Å². The van der Waals surface area contributed by atoms with Crippen molar-refractivity contribution in [2.45, 2.75) is 43.6 Å². The first-order chi connectivity index (χ1) is 17.6. The van der Waals surface area contributed by atoms with Gasteiger partial charge in [-0.3, -0.25) is 4.79 Å². The highest BCUT2D eigenvalue weighted by molar-refractivity contribution is 7.90. The first-order valence-electron chi connectivity index (χ1n) is 12.7. The predicted molar refractivity (Wildman–Crippen MR) is 144 cm³/mol. The molecule has 1 aromatic heterocycles. The molecular weight excluding hydrogens is 488 g/mol. The van der Waals surface area contributed by atoms with Gasteiger partial charge in [-0.25, -0.2) is 13.1 Å². The van der Waals surface area contributed by atoms with Crippen molar-refractivity contribution in [1.82, 2.24) is 15.1 Å². The van der Waals surface area contributed by atoms with Gasteiger partial charge in [0, 0.05) is 36.0 Å². The molecule has 0 radical (unpaired) electrons. The Kier molecular flexibility index (Phi) is 6.62.